The molecule has 1 aromatic heterocycles. The maximum absolute atomic E-state index is 12.9. The van der Waals surface area contributed by atoms with Gasteiger partial charge in [0.2, 0.25) is 5.95 Å². The van der Waals surface area contributed by atoms with Crippen LogP contribution < -0.4 is 10.6 Å². The predicted octanol–water partition coefficient (Wildman–Crippen LogP) is 1.31. The number of nitrogens with zero attached hydrogens (tertiary/aromatic N) is 3. The number of benzene rings is 1. The topological polar surface area (TPSA) is 70.1 Å². The summed E-state index contributed by atoms with van der Waals surface area (Å²) in [6.07, 6.45) is 2.64. The second-order valence-electron chi connectivity index (χ2n) is 6.45. The summed E-state index contributed by atoms with van der Waals surface area (Å²) < 4.78 is 0. The summed E-state index contributed by atoms with van der Waals surface area (Å²) in [7, 11) is 0. The van der Waals surface area contributed by atoms with Gasteiger partial charge in [0.25, 0.3) is 5.91 Å². The molecule has 2 N–H and O–H groups in total. The van der Waals surface area contributed by atoms with E-state index in [1.54, 1.807) is 6.20 Å². The number of aromatic nitrogens is 2. The molecule has 3 heterocycles. The van der Waals surface area contributed by atoms with Gasteiger partial charge in [0.05, 0.1) is 0 Å². The van der Waals surface area contributed by atoms with Crippen molar-refractivity contribution in [1.82, 2.24) is 20.2 Å². The average Bonchev–Trinajstić information content (AvgIpc) is 2.85. The van der Waals surface area contributed by atoms with Gasteiger partial charge in [-0.15, -0.1) is 0 Å². The van der Waals surface area contributed by atoms with Crippen molar-refractivity contribution in [2.24, 2.45) is 5.92 Å². The van der Waals surface area contributed by atoms with Gasteiger partial charge in [0, 0.05) is 50.2 Å². The Morgan fingerprint density at radius 3 is 3.17 bits per heavy atom. The summed E-state index contributed by atoms with van der Waals surface area (Å²) in [5.74, 6) is 1.10. The van der Waals surface area contributed by atoms with E-state index in [4.69, 9.17) is 0 Å². The second kappa shape index (κ2) is 6.57. The number of fused-ring (bicyclic) bond motifs is 6. The normalized spacial score (nSPS) is 20.9. The SMILES string of the molecule is O=C1c2cccc(c2)CNc2nccc(n2)CC2CNCCN1C2. The molecule has 1 unspecified atom stereocenters. The standard InChI is InChI=1S/C18H21N5O/c24-17-15-3-1-2-13(8-15)11-21-18-20-5-4-16(22-18)9-14-10-19-6-7-23(17)12-14/h1-5,8,14,19H,6-7,9-12H2,(H,20,21,22). The first-order chi connectivity index (χ1) is 11.8. The maximum Gasteiger partial charge on any atom is 0.253 e. The van der Waals surface area contributed by atoms with Crippen molar-refractivity contribution >= 4 is 11.9 Å². The largest absolute Gasteiger partial charge is 0.350 e. The van der Waals surface area contributed by atoms with E-state index in [9.17, 15) is 4.79 Å². The van der Waals surface area contributed by atoms with Crippen molar-refractivity contribution in [3.63, 3.8) is 0 Å². The lowest BCUT2D eigenvalue weighted by Crippen LogP contribution is -2.36. The van der Waals surface area contributed by atoms with Gasteiger partial charge in [0.15, 0.2) is 0 Å². The van der Waals surface area contributed by atoms with E-state index >= 15 is 0 Å². The van der Waals surface area contributed by atoms with E-state index < -0.39 is 0 Å². The van der Waals surface area contributed by atoms with Gasteiger partial charge in [-0.2, -0.15) is 0 Å². The minimum atomic E-state index is 0.114. The number of carbonyl (C=O) groups is 1. The van der Waals surface area contributed by atoms with E-state index in [1.165, 1.54) is 0 Å². The molecule has 2 aromatic rings. The lowest BCUT2D eigenvalue weighted by atomic mass is 10.0. The molecule has 2 aliphatic heterocycles. The number of hydrogen-bond donors (Lipinski definition) is 2. The van der Waals surface area contributed by atoms with Crippen molar-refractivity contribution in [3.05, 3.63) is 53.3 Å². The number of amides is 1. The Labute approximate surface area is 141 Å². The number of rotatable bonds is 0. The molecule has 4 rings (SSSR count). The summed E-state index contributed by atoms with van der Waals surface area (Å²) in [5, 5.41) is 6.70. The van der Waals surface area contributed by atoms with Gasteiger partial charge in [-0.05, 0) is 36.1 Å². The number of hydrogen-bond acceptors (Lipinski definition) is 5. The second-order valence-corrected chi connectivity index (χ2v) is 6.45. The molecule has 1 saturated heterocycles. The lowest BCUT2D eigenvalue weighted by molar-refractivity contribution is 0.0747. The first-order valence-corrected chi connectivity index (χ1v) is 8.43. The summed E-state index contributed by atoms with van der Waals surface area (Å²) in [6, 6.07) is 9.77. The molecule has 1 atom stereocenters. The van der Waals surface area contributed by atoms with Crippen LogP contribution in [-0.4, -0.2) is 47.0 Å². The Morgan fingerprint density at radius 2 is 2.21 bits per heavy atom. The molecule has 0 spiro atoms. The Balaban J connectivity index is 1.73. The molecular formula is C18H21N5O. The Morgan fingerprint density at radius 1 is 1.25 bits per heavy atom. The average molecular weight is 323 g/mol. The van der Waals surface area contributed by atoms with Gasteiger partial charge in [-0.1, -0.05) is 12.1 Å². The third-order valence-electron chi connectivity index (χ3n) is 4.59. The van der Waals surface area contributed by atoms with E-state index in [-0.39, 0.29) is 5.91 Å². The molecule has 1 amide bonds. The molecule has 0 saturated carbocycles. The lowest BCUT2D eigenvalue weighted by Gasteiger charge is -2.24. The van der Waals surface area contributed by atoms with Crippen molar-refractivity contribution in [2.75, 3.05) is 31.5 Å². The molecule has 0 radical (unpaired) electrons. The van der Waals surface area contributed by atoms with Crippen molar-refractivity contribution in [2.45, 2.75) is 13.0 Å². The molecule has 6 heteroatoms. The zero-order valence-corrected chi connectivity index (χ0v) is 13.5. The Kier molecular flexibility index (Phi) is 4.13. The summed E-state index contributed by atoms with van der Waals surface area (Å²) in [5.41, 5.74) is 2.82. The van der Waals surface area contributed by atoms with Gasteiger partial charge in [-0.25, -0.2) is 9.97 Å². The highest BCUT2D eigenvalue weighted by Gasteiger charge is 2.24. The predicted molar refractivity (Wildman–Crippen MR) is 91.8 cm³/mol. The molecule has 2 aliphatic rings. The molecule has 1 fully saturated rings. The van der Waals surface area contributed by atoms with Crippen LogP contribution in [0.3, 0.4) is 0 Å². The van der Waals surface area contributed by atoms with Crippen LogP contribution in [0.15, 0.2) is 36.5 Å². The monoisotopic (exact) mass is 323 g/mol. The number of nitrogens with one attached hydrogen (secondary N) is 2. The zero-order valence-electron chi connectivity index (χ0n) is 13.5. The van der Waals surface area contributed by atoms with Crippen LogP contribution in [0.4, 0.5) is 5.95 Å². The maximum atomic E-state index is 12.9. The summed E-state index contributed by atoms with van der Waals surface area (Å²) >= 11 is 0. The van der Waals surface area contributed by atoms with Gasteiger partial charge >= 0.3 is 0 Å². The van der Waals surface area contributed by atoms with Crippen molar-refractivity contribution in [1.29, 1.82) is 0 Å². The van der Waals surface area contributed by atoms with Crippen LogP contribution >= 0.6 is 0 Å². The highest BCUT2D eigenvalue weighted by molar-refractivity contribution is 5.94. The number of anilines is 1. The van der Waals surface area contributed by atoms with Gasteiger partial charge < -0.3 is 15.5 Å². The van der Waals surface area contributed by atoms with Crippen LogP contribution in [0.5, 0.6) is 0 Å². The molecule has 1 aromatic carbocycles. The van der Waals surface area contributed by atoms with Crippen molar-refractivity contribution in [3.8, 4) is 0 Å². The first kappa shape index (κ1) is 15.1. The van der Waals surface area contributed by atoms with Gasteiger partial charge in [0.1, 0.15) is 0 Å². The van der Waals surface area contributed by atoms with Crippen molar-refractivity contribution < 1.29 is 4.79 Å². The third-order valence-corrected chi connectivity index (χ3v) is 4.59. The van der Waals surface area contributed by atoms with E-state index in [0.717, 1.165) is 49.4 Å². The Hall–Kier alpha value is -2.47. The van der Waals surface area contributed by atoms with Crippen LogP contribution in [0.1, 0.15) is 21.6 Å². The van der Waals surface area contributed by atoms with Crippen LogP contribution in [0.25, 0.3) is 0 Å². The molecule has 124 valence electrons. The minimum absolute atomic E-state index is 0.114. The smallest absolute Gasteiger partial charge is 0.253 e. The summed E-state index contributed by atoms with van der Waals surface area (Å²) in [6.45, 7) is 3.83. The molecule has 0 aliphatic carbocycles. The fourth-order valence-electron chi connectivity index (χ4n) is 3.38. The molecule has 6 bridgehead atoms. The molecular weight excluding hydrogens is 302 g/mol. The van der Waals surface area contributed by atoms with E-state index in [2.05, 4.69) is 20.6 Å². The number of carbonyl (C=O) groups excluding carboxylic acids is 1. The zero-order chi connectivity index (χ0) is 16.4. The third kappa shape index (κ3) is 3.23. The minimum Gasteiger partial charge on any atom is -0.350 e. The Bertz CT molecular complexity index is 748. The molecule has 6 nitrogen and oxygen atoms in total. The van der Waals surface area contributed by atoms with Crippen LogP contribution in [-0.2, 0) is 13.0 Å². The fourth-order valence-corrected chi connectivity index (χ4v) is 3.38. The van der Waals surface area contributed by atoms with Gasteiger partial charge in [-0.3, -0.25) is 4.79 Å². The first-order valence-electron chi connectivity index (χ1n) is 8.43. The van der Waals surface area contributed by atoms with Crippen LogP contribution in [0.2, 0.25) is 0 Å². The van der Waals surface area contributed by atoms with E-state index in [0.29, 0.717) is 18.4 Å². The quantitative estimate of drug-likeness (QED) is 0.765. The van der Waals surface area contributed by atoms with Crippen LogP contribution in [0, 0.1) is 5.92 Å². The fraction of sp³-hybridized carbons (Fsp3) is 0.389. The molecule has 24 heavy (non-hydrogen) atoms. The van der Waals surface area contributed by atoms with E-state index in [1.807, 2.05) is 35.2 Å². The highest BCUT2D eigenvalue weighted by atomic mass is 16.2. The summed E-state index contributed by atoms with van der Waals surface area (Å²) in [4.78, 5) is 23.8. The highest BCUT2D eigenvalue weighted by Crippen LogP contribution is 2.16.